The average Bonchev–Trinajstić information content (AvgIpc) is 3.46. The standard InChI is InChI=1S/C24H19FN4O5S/c1-14(23(30)26-12-15-2-9-21-22(10-15)34-13-33-21)35-24-27-19-11-18(29(31)32)7-8-20(19)28(24)17-5-3-16(25)4-6-17/h2-11,14H,12-13H2,1H3,(H,26,30)/t14-/m1/s1. The van der Waals surface area contributed by atoms with E-state index in [-0.39, 0.29) is 24.2 Å². The first-order chi connectivity index (χ1) is 16.9. The van der Waals surface area contributed by atoms with Crippen molar-refractivity contribution in [3.8, 4) is 17.2 Å². The van der Waals surface area contributed by atoms with E-state index in [1.54, 1.807) is 35.8 Å². The number of nitro groups is 1. The van der Waals surface area contributed by atoms with Gasteiger partial charge in [-0.25, -0.2) is 9.37 Å². The molecule has 0 aliphatic carbocycles. The minimum atomic E-state index is -0.532. The van der Waals surface area contributed by atoms with Crippen LogP contribution in [0.2, 0.25) is 0 Å². The fourth-order valence-electron chi connectivity index (χ4n) is 3.67. The summed E-state index contributed by atoms with van der Waals surface area (Å²) < 4.78 is 26.0. The van der Waals surface area contributed by atoms with Gasteiger partial charge in [-0.2, -0.15) is 0 Å². The van der Waals surface area contributed by atoms with Crippen molar-refractivity contribution in [2.75, 3.05) is 6.79 Å². The van der Waals surface area contributed by atoms with Crippen LogP contribution in [0.3, 0.4) is 0 Å². The average molecular weight is 495 g/mol. The molecule has 1 aromatic heterocycles. The molecule has 5 rings (SSSR count). The number of hydrogen-bond donors (Lipinski definition) is 1. The van der Waals surface area contributed by atoms with Gasteiger partial charge < -0.3 is 14.8 Å². The Morgan fingerprint density at radius 3 is 2.71 bits per heavy atom. The van der Waals surface area contributed by atoms with Crippen molar-refractivity contribution >= 4 is 34.4 Å². The second kappa shape index (κ2) is 9.26. The molecule has 1 aliphatic rings. The predicted octanol–water partition coefficient (Wildman–Crippen LogP) is 4.60. The van der Waals surface area contributed by atoms with Gasteiger partial charge in [0.15, 0.2) is 16.7 Å². The van der Waals surface area contributed by atoms with Crippen molar-refractivity contribution < 1.29 is 23.6 Å². The van der Waals surface area contributed by atoms with Crippen molar-refractivity contribution in [2.24, 2.45) is 0 Å². The van der Waals surface area contributed by atoms with E-state index in [1.807, 2.05) is 12.1 Å². The molecule has 0 radical (unpaired) electrons. The molecule has 3 aromatic carbocycles. The lowest BCUT2D eigenvalue weighted by molar-refractivity contribution is -0.384. The normalized spacial score (nSPS) is 13.1. The molecule has 0 unspecified atom stereocenters. The first kappa shape index (κ1) is 22.7. The Balaban J connectivity index is 1.38. The Labute approximate surface area is 203 Å². The van der Waals surface area contributed by atoms with Crippen LogP contribution in [-0.2, 0) is 11.3 Å². The van der Waals surface area contributed by atoms with E-state index in [9.17, 15) is 19.3 Å². The molecule has 0 spiro atoms. The molecule has 178 valence electrons. The maximum atomic E-state index is 13.5. The molecule has 1 atom stereocenters. The molecule has 11 heteroatoms. The van der Waals surface area contributed by atoms with E-state index >= 15 is 0 Å². The molecule has 0 saturated heterocycles. The zero-order valence-corrected chi connectivity index (χ0v) is 19.3. The third kappa shape index (κ3) is 4.62. The van der Waals surface area contributed by atoms with E-state index in [1.165, 1.54) is 36.0 Å². The van der Waals surface area contributed by atoms with Crippen LogP contribution in [0.1, 0.15) is 12.5 Å². The van der Waals surface area contributed by atoms with Gasteiger partial charge in [0.05, 0.1) is 21.2 Å². The van der Waals surface area contributed by atoms with Crippen molar-refractivity contribution in [3.05, 3.63) is 82.2 Å². The van der Waals surface area contributed by atoms with Crippen molar-refractivity contribution in [1.29, 1.82) is 0 Å². The van der Waals surface area contributed by atoms with Gasteiger partial charge in [0.25, 0.3) is 5.69 Å². The van der Waals surface area contributed by atoms with Crippen molar-refractivity contribution in [3.63, 3.8) is 0 Å². The molecule has 0 bridgehead atoms. The highest BCUT2D eigenvalue weighted by Gasteiger charge is 2.22. The molecular formula is C24H19FN4O5S. The molecule has 4 aromatic rings. The van der Waals surface area contributed by atoms with E-state index < -0.39 is 10.2 Å². The van der Waals surface area contributed by atoms with Gasteiger partial charge in [0.2, 0.25) is 12.7 Å². The number of thioether (sulfide) groups is 1. The summed E-state index contributed by atoms with van der Waals surface area (Å²) in [6.07, 6.45) is 0. The lowest BCUT2D eigenvalue weighted by atomic mass is 10.2. The summed E-state index contributed by atoms with van der Waals surface area (Å²) in [6, 6.07) is 15.7. The summed E-state index contributed by atoms with van der Waals surface area (Å²) in [5.74, 6) is 0.709. The molecule has 0 saturated carbocycles. The number of hydrogen-bond acceptors (Lipinski definition) is 7. The van der Waals surface area contributed by atoms with Crippen LogP contribution < -0.4 is 14.8 Å². The van der Waals surface area contributed by atoms with Gasteiger partial charge in [-0.3, -0.25) is 19.5 Å². The van der Waals surface area contributed by atoms with E-state index in [2.05, 4.69) is 10.3 Å². The first-order valence-corrected chi connectivity index (χ1v) is 11.5. The summed E-state index contributed by atoms with van der Waals surface area (Å²) in [5, 5.41) is 14.0. The van der Waals surface area contributed by atoms with Crippen LogP contribution >= 0.6 is 11.8 Å². The second-order valence-corrected chi connectivity index (χ2v) is 9.11. The first-order valence-electron chi connectivity index (χ1n) is 10.6. The number of ether oxygens (including phenoxy) is 2. The number of nitrogens with one attached hydrogen (secondary N) is 1. The smallest absolute Gasteiger partial charge is 0.271 e. The predicted molar refractivity (Wildman–Crippen MR) is 127 cm³/mol. The molecule has 9 nitrogen and oxygen atoms in total. The highest BCUT2D eigenvalue weighted by Crippen LogP contribution is 2.34. The quantitative estimate of drug-likeness (QED) is 0.227. The van der Waals surface area contributed by atoms with Crippen LogP contribution in [0.5, 0.6) is 11.5 Å². The number of nitro benzene ring substituents is 1. The number of nitrogens with zero attached hydrogens (tertiary/aromatic N) is 3. The Morgan fingerprint density at radius 1 is 1.17 bits per heavy atom. The fourth-order valence-corrected chi connectivity index (χ4v) is 4.64. The van der Waals surface area contributed by atoms with Crippen LogP contribution in [-0.4, -0.2) is 32.4 Å². The number of aromatic nitrogens is 2. The zero-order chi connectivity index (χ0) is 24.5. The number of rotatable bonds is 7. The third-order valence-electron chi connectivity index (χ3n) is 5.46. The van der Waals surface area contributed by atoms with Gasteiger partial charge in [0.1, 0.15) is 5.82 Å². The van der Waals surface area contributed by atoms with Crippen LogP contribution in [0.15, 0.2) is 65.8 Å². The maximum absolute atomic E-state index is 13.5. The van der Waals surface area contributed by atoms with Crippen LogP contribution in [0.25, 0.3) is 16.7 Å². The monoisotopic (exact) mass is 494 g/mol. The van der Waals surface area contributed by atoms with Gasteiger partial charge in [-0.15, -0.1) is 0 Å². The summed E-state index contributed by atoms with van der Waals surface area (Å²) in [6.45, 7) is 2.23. The molecule has 0 fully saturated rings. The Kier molecular flexibility index (Phi) is 6.00. The highest BCUT2D eigenvalue weighted by molar-refractivity contribution is 8.00. The highest BCUT2D eigenvalue weighted by atomic mass is 32.2. The molecule has 1 aliphatic heterocycles. The lowest BCUT2D eigenvalue weighted by Gasteiger charge is -2.14. The van der Waals surface area contributed by atoms with Gasteiger partial charge >= 0.3 is 0 Å². The summed E-state index contributed by atoms with van der Waals surface area (Å²) in [5.41, 5.74) is 2.41. The van der Waals surface area contributed by atoms with Crippen LogP contribution in [0.4, 0.5) is 10.1 Å². The topological polar surface area (TPSA) is 109 Å². The number of halogens is 1. The van der Waals surface area contributed by atoms with Crippen molar-refractivity contribution in [1.82, 2.24) is 14.9 Å². The number of amides is 1. The molecule has 35 heavy (non-hydrogen) atoms. The SMILES string of the molecule is C[C@@H](Sc1nc2cc([N+](=O)[O-])ccc2n1-c1ccc(F)cc1)C(=O)NCc1ccc2c(c1)OCO2. The van der Waals surface area contributed by atoms with Crippen molar-refractivity contribution in [2.45, 2.75) is 23.9 Å². The number of imidazole rings is 1. The zero-order valence-electron chi connectivity index (χ0n) is 18.4. The van der Waals surface area contributed by atoms with E-state index in [0.29, 0.717) is 39.9 Å². The van der Waals surface area contributed by atoms with E-state index in [0.717, 1.165) is 5.56 Å². The molecule has 1 amide bonds. The largest absolute Gasteiger partial charge is 0.454 e. The summed E-state index contributed by atoms with van der Waals surface area (Å²) >= 11 is 1.20. The number of non-ortho nitro benzene ring substituents is 1. The van der Waals surface area contributed by atoms with Gasteiger partial charge in [0, 0.05) is 24.4 Å². The number of fused-ring (bicyclic) bond motifs is 2. The maximum Gasteiger partial charge on any atom is 0.271 e. The number of benzene rings is 3. The lowest BCUT2D eigenvalue weighted by Crippen LogP contribution is -2.30. The minimum Gasteiger partial charge on any atom is -0.454 e. The van der Waals surface area contributed by atoms with E-state index in [4.69, 9.17) is 9.47 Å². The fraction of sp³-hybridized carbons (Fsp3) is 0.167. The van der Waals surface area contributed by atoms with Crippen LogP contribution in [0, 0.1) is 15.9 Å². The minimum absolute atomic E-state index is 0.0904. The summed E-state index contributed by atoms with van der Waals surface area (Å²) in [7, 11) is 0. The molecule has 2 heterocycles. The van der Waals surface area contributed by atoms with Gasteiger partial charge in [-0.05, 0) is 55.0 Å². The molecular weight excluding hydrogens is 475 g/mol. The van der Waals surface area contributed by atoms with Gasteiger partial charge in [-0.1, -0.05) is 17.8 Å². The Morgan fingerprint density at radius 2 is 1.94 bits per heavy atom. The third-order valence-corrected chi connectivity index (χ3v) is 6.51. The summed E-state index contributed by atoms with van der Waals surface area (Å²) in [4.78, 5) is 28.1. The molecule has 1 N–H and O–H groups in total. The Bertz CT molecular complexity index is 1440. The number of carbonyl (C=O) groups excluding carboxylic acids is 1. The second-order valence-electron chi connectivity index (χ2n) is 7.80. The Hall–Kier alpha value is -4.12. The number of carbonyl (C=O) groups is 1.